The quantitative estimate of drug-likeness (QED) is 0.738. The molecule has 0 radical (unpaired) electrons. The highest BCUT2D eigenvalue weighted by Crippen LogP contribution is 2.41. The van der Waals surface area contributed by atoms with Gasteiger partial charge in [0.15, 0.2) is 0 Å². The Morgan fingerprint density at radius 2 is 1.89 bits per heavy atom. The Balaban J connectivity index is 1.60. The number of nitrogens with zero attached hydrogens (tertiary/aromatic N) is 3. The molecule has 3 aliphatic rings. The SMILES string of the molecule is CN(C)C[C@H]1[C@H]2C[C@H](CN(C(=O)C3CCS(=O)(=O)CC3)C2)c2cccc(=O)n21. The molecular weight excluding hydrogens is 378 g/mol. The molecule has 154 valence electrons. The molecule has 4 rings (SSSR count). The lowest BCUT2D eigenvalue weighted by molar-refractivity contribution is -0.139. The number of carbonyl (C=O) groups excluding carboxylic acids is 1. The summed E-state index contributed by atoms with van der Waals surface area (Å²) in [6, 6.07) is 5.51. The fourth-order valence-electron chi connectivity index (χ4n) is 5.23. The van der Waals surface area contributed by atoms with Gasteiger partial charge in [-0.15, -0.1) is 0 Å². The zero-order valence-electron chi connectivity index (χ0n) is 16.6. The minimum absolute atomic E-state index is 0.0383. The highest BCUT2D eigenvalue weighted by Gasteiger charge is 2.43. The maximum Gasteiger partial charge on any atom is 0.251 e. The zero-order chi connectivity index (χ0) is 20.1. The molecule has 1 aromatic heterocycles. The van der Waals surface area contributed by atoms with Gasteiger partial charge < -0.3 is 14.4 Å². The summed E-state index contributed by atoms with van der Waals surface area (Å²) in [5.41, 5.74) is 1.07. The molecule has 1 amide bonds. The molecule has 0 N–H and O–H groups in total. The van der Waals surface area contributed by atoms with Crippen LogP contribution in [0.4, 0.5) is 0 Å². The van der Waals surface area contributed by atoms with Crippen molar-refractivity contribution in [3.05, 3.63) is 34.2 Å². The standard InChI is InChI=1S/C20H29N3O4S/c1-21(2)13-18-16-10-15(17-4-3-5-19(24)23(17)18)11-22(12-16)20(25)14-6-8-28(26,27)9-7-14/h3-5,14-16,18H,6-13H2,1-2H3/t15-,16+,18+/m1/s1. The molecule has 0 aliphatic carbocycles. The number of aromatic nitrogens is 1. The molecule has 0 spiro atoms. The topological polar surface area (TPSA) is 79.7 Å². The Labute approximate surface area is 166 Å². The molecule has 8 heteroatoms. The predicted molar refractivity (Wildman–Crippen MR) is 107 cm³/mol. The highest BCUT2D eigenvalue weighted by atomic mass is 32.2. The number of hydrogen-bond acceptors (Lipinski definition) is 5. The van der Waals surface area contributed by atoms with E-state index in [9.17, 15) is 18.0 Å². The van der Waals surface area contributed by atoms with Crippen molar-refractivity contribution >= 4 is 15.7 Å². The zero-order valence-corrected chi connectivity index (χ0v) is 17.4. The lowest BCUT2D eigenvalue weighted by atomic mass is 9.78. The molecule has 0 aromatic carbocycles. The summed E-state index contributed by atoms with van der Waals surface area (Å²) in [4.78, 5) is 29.8. The molecule has 3 aliphatic heterocycles. The van der Waals surface area contributed by atoms with Gasteiger partial charge in [0, 0.05) is 43.2 Å². The lowest BCUT2D eigenvalue weighted by Gasteiger charge is -2.48. The summed E-state index contributed by atoms with van der Waals surface area (Å²) in [5, 5.41) is 0. The minimum Gasteiger partial charge on any atom is -0.341 e. The van der Waals surface area contributed by atoms with Gasteiger partial charge in [-0.1, -0.05) is 6.07 Å². The van der Waals surface area contributed by atoms with E-state index in [0.717, 1.165) is 18.7 Å². The second kappa shape index (κ2) is 7.30. The summed E-state index contributed by atoms with van der Waals surface area (Å²) < 4.78 is 25.4. The van der Waals surface area contributed by atoms with Crippen LogP contribution in [0.25, 0.3) is 0 Å². The van der Waals surface area contributed by atoms with Crippen LogP contribution in [0.15, 0.2) is 23.0 Å². The third kappa shape index (κ3) is 3.64. The van der Waals surface area contributed by atoms with Crippen LogP contribution in [0.5, 0.6) is 0 Å². The fraction of sp³-hybridized carbons (Fsp3) is 0.700. The van der Waals surface area contributed by atoms with Gasteiger partial charge in [0.1, 0.15) is 9.84 Å². The van der Waals surface area contributed by atoms with Crippen molar-refractivity contribution in [1.29, 1.82) is 0 Å². The van der Waals surface area contributed by atoms with Crippen molar-refractivity contribution < 1.29 is 13.2 Å². The van der Waals surface area contributed by atoms with Crippen LogP contribution in [0.1, 0.15) is 36.9 Å². The molecule has 0 unspecified atom stereocenters. The van der Waals surface area contributed by atoms with E-state index in [-0.39, 0.29) is 46.8 Å². The third-order valence-corrected chi connectivity index (χ3v) is 8.28. The van der Waals surface area contributed by atoms with Gasteiger partial charge in [0.05, 0.1) is 17.5 Å². The van der Waals surface area contributed by atoms with E-state index in [0.29, 0.717) is 25.9 Å². The normalized spacial score (nSPS) is 29.5. The van der Waals surface area contributed by atoms with Crippen molar-refractivity contribution in [3.63, 3.8) is 0 Å². The van der Waals surface area contributed by atoms with E-state index in [1.54, 1.807) is 6.07 Å². The van der Waals surface area contributed by atoms with Gasteiger partial charge in [-0.05, 0) is 45.3 Å². The van der Waals surface area contributed by atoms with Crippen LogP contribution in [-0.4, -0.2) is 73.9 Å². The maximum atomic E-state index is 13.2. The molecule has 4 heterocycles. The summed E-state index contributed by atoms with van der Waals surface area (Å²) in [6.07, 6.45) is 1.86. The Bertz CT molecular complexity index is 910. The summed E-state index contributed by atoms with van der Waals surface area (Å²) >= 11 is 0. The van der Waals surface area contributed by atoms with E-state index < -0.39 is 9.84 Å². The number of likely N-dealkylation sites (N-methyl/N-ethyl adjacent to an activating group) is 1. The van der Waals surface area contributed by atoms with Gasteiger partial charge in [-0.25, -0.2) is 8.42 Å². The molecule has 3 atom stereocenters. The number of rotatable bonds is 3. The van der Waals surface area contributed by atoms with Crippen molar-refractivity contribution in [3.8, 4) is 0 Å². The fourth-order valence-corrected chi connectivity index (χ4v) is 6.72. The van der Waals surface area contributed by atoms with Gasteiger partial charge in [0.25, 0.3) is 5.56 Å². The molecule has 2 fully saturated rings. The Morgan fingerprint density at radius 1 is 1.18 bits per heavy atom. The van der Waals surface area contributed by atoms with Crippen LogP contribution in [0.3, 0.4) is 0 Å². The average molecular weight is 408 g/mol. The third-order valence-electron chi connectivity index (χ3n) is 6.57. The van der Waals surface area contributed by atoms with Crippen molar-refractivity contribution in [1.82, 2.24) is 14.4 Å². The Hall–Kier alpha value is -1.67. The number of amides is 1. The molecule has 1 aromatic rings. The van der Waals surface area contributed by atoms with Crippen LogP contribution in [0, 0.1) is 11.8 Å². The van der Waals surface area contributed by atoms with Crippen molar-refractivity contribution in [2.24, 2.45) is 11.8 Å². The number of piperidine rings is 1. The van der Waals surface area contributed by atoms with Gasteiger partial charge in [-0.2, -0.15) is 0 Å². The highest BCUT2D eigenvalue weighted by molar-refractivity contribution is 7.91. The first-order chi connectivity index (χ1) is 13.2. The van der Waals surface area contributed by atoms with Crippen LogP contribution < -0.4 is 5.56 Å². The number of carbonyl (C=O) groups is 1. The second-order valence-corrected chi connectivity index (χ2v) is 11.2. The summed E-state index contributed by atoms with van der Waals surface area (Å²) in [7, 11) is 1.04. The smallest absolute Gasteiger partial charge is 0.251 e. The van der Waals surface area contributed by atoms with Crippen LogP contribution in [0.2, 0.25) is 0 Å². The molecule has 7 nitrogen and oxygen atoms in total. The van der Waals surface area contributed by atoms with Crippen LogP contribution >= 0.6 is 0 Å². The first kappa shape index (κ1) is 19.6. The van der Waals surface area contributed by atoms with E-state index in [2.05, 4.69) is 4.90 Å². The van der Waals surface area contributed by atoms with E-state index in [4.69, 9.17) is 0 Å². The Kier molecular flexibility index (Phi) is 5.12. The van der Waals surface area contributed by atoms with Gasteiger partial charge in [0.2, 0.25) is 5.91 Å². The van der Waals surface area contributed by atoms with Gasteiger partial charge in [-0.3, -0.25) is 9.59 Å². The molecule has 2 saturated heterocycles. The number of likely N-dealkylation sites (tertiary alicyclic amines) is 1. The number of pyridine rings is 1. The van der Waals surface area contributed by atoms with E-state index in [1.165, 1.54) is 0 Å². The van der Waals surface area contributed by atoms with Crippen LogP contribution in [-0.2, 0) is 14.6 Å². The van der Waals surface area contributed by atoms with Crippen molar-refractivity contribution in [2.75, 3.05) is 45.2 Å². The molecular formula is C20H29N3O4S. The Morgan fingerprint density at radius 3 is 2.57 bits per heavy atom. The first-order valence-electron chi connectivity index (χ1n) is 10.1. The summed E-state index contributed by atoms with van der Waals surface area (Å²) in [6.45, 7) is 2.03. The summed E-state index contributed by atoms with van der Waals surface area (Å²) in [5.74, 6) is 0.553. The van der Waals surface area contributed by atoms with Gasteiger partial charge >= 0.3 is 0 Å². The largest absolute Gasteiger partial charge is 0.341 e. The van der Waals surface area contributed by atoms with E-state index >= 15 is 0 Å². The first-order valence-corrected chi connectivity index (χ1v) is 11.9. The lowest BCUT2D eigenvalue weighted by Crippen LogP contribution is -2.54. The number of fused-ring (bicyclic) bond motifs is 4. The predicted octanol–water partition coefficient (Wildman–Crippen LogP) is 0.722. The monoisotopic (exact) mass is 407 g/mol. The molecule has 28 heavy (non-hydrogen) atoms. The average Bonchev–Trinajstić information content (AvgIpc) is 2.64. The second-order valence-electron chi connectivity index (χ2n) is 8.85. The van der Waals surface area contributed by atoms with Crippen molar-refractivity contribution in [2.45, 2.75) is 31.2 Å². The number of sulfone groups is 1. The molecule has 0 saturated carbocycles. The maximum absolute atomic E-state index is 13.2. The molecule has 2 bridgehead atoms. The number of hydrogen-bond donors (Lipinski definition) is 0. The van der Waals surface area contributed by atoms with E-state index in [1.807, 2.05) is 35.7 Å². The minimum atomic E-state index is -2.98.